The fourth-order valence-corrected chi connectivity index (χ4v) is 5.36. The molecular formula is C22H23NO4S. The van der Waals surface area contributed by atoms with Gasteiger partial charge in [-0.15, -0.1) is 0 Å². The molecule has 1 saturated heterocycles. The number of rotatable bonds is 2. The van der Waals surface area contributed by atoms with Crippen LogP contribution >= 0.6 is 11.8 Å². The standard InChI is InChI=1S/C22H23NO4S/c24-22(21-17-4-2-1-3-15(17)8-11-25-21)23-9-7-20(28-12-10-23)16-5-6-18-19(13-16)27-14-26-18/h1-6,13,20-21H,7-12,14H2. The van der Waals surface area contributed by atoms with Crippen molar-refractivity contribution in [2.45, 2.75) is 24.2 Å². The summed E-state index contributed by atoms with van der Waals surface area (Å²) in [6.07, 6.45) is 1.34. The molecule has 3 aliphatic heterocycles. The van der Waals surface area contributed by atoms with Crippen LogP contribution in [-0.2, 0) is 16.0 Å². The minimum absolute atomic E-state index is 0.0964. The van der Waals surface area contributed by atoms with E-state index in [9.17, 15) is 4.79 Å². The molecule has 6 heteroatoms. The van der Waals surface area contributed by atoms with Crippen LogP contribution in [0.15, 0.2) is 42.5 Å². The maximum atomic E-state index is 13.2. The molecule has 2 aromatic rings. The molecule has 0 aromatic heterocycles. The van der Waals surface area contributed by atoms with Gasteiger partial charge in [-0.25, -0.2) is 0 Å². The normalized spacial score (nSPS) is 23.8. The number of fused-ring (bicyclic) bond motifs is 2. The lowest BCUT2D eigenvalue weighted by atomic mass is 9.96. The summed E-state index contributed by atoms with van der Waals surface area (Å²) >= 11 is 1.90. The number of benzene rings is 2. The smallest absolute Gasteiger partial charge is 0.256 e. The second kappa shape index (κ2) is 7.68. The number of amides is 1. The lowest BCUT2D eigenvalue weighted by Gasteiger charge is -2.30. The van der Waals surface area contributed by atoms with Crippen LogP contribution in [0.3, 0.4) is 0 Å². The van der Waals surface area contributed by atoms with Crippen LogP contribution in [0, 0.1) is 0 Å². The lowest BCUT2D eigenvalue weighted by molar-refractivity contribution is -0.144. The van der Waals surface area contributed by atoms with E-state index in [-0.39, 0.29) is 5.91 Å². The Morgan fingerprint density at radius 3 is 2.93 bits per heavy atom. The van der Waals surface area contributed by atoms with Gasteiger partial charge >= 0.3 is 0 Å². The van der Waals surface area contributed by atoms with Crippen LogP contribution in [0.25, 0.3) is 0 Å². The van der Waals surface area contributed by atoms with Gasteiger partial charge in [-0.1, -0.05) is 30.3 Å². The molecule has 1 amide bonds. The molecule has 28 heavy (non-hydrogen) atoms. The molecule has 0 aliphatic carbocycles. The zero-order chi connectivity index (χ0) is 18.9. The number of hydrogen-bond acceptors (Lipinski definition) is 5. The zero-order valence-corrected chi connectivity index (χ0v) is 16.5. The van der Waals surface area contributed by atoms with Crippen LogP contribution in [-0.4, -0.2) is 43.0 Å². The summed E-state index contributed by atoms with van der Waals surface area (Å²) in [5.41, 5.74) is 3.50. The maximum Gasteiger partial charge on any atom is 0.256 e. The third-order valence-electron chi connectivity index (χ3n) is 5.64. The summed E-state index contributed by atoms with van der Waals surface area (Å²) in [6.45, 7) is 2.40. The molecular weight excluding hydrogens is 374 g/mol. The number of nitrogens with zero attached hydrogens (tertiary/aromatic N) is 1. The first kappa shape index (κ1) is 17.9. The van der Waals surface area contributed by atoms with Crippen molar-refractivity contribution in [3.63, 3.8) is 0 Å². The van der Waals surface area contributed by atoms with E-state index in [0.29, 0.717) is 18.6 Å². The molecule has 5 rings (SSSR count). The molecule has 0 N–H and O–H groups in total. The Bertz CT molecular complexity index is 887. The molecule has 2 unspecified atom stereocenters. The fraction of sp³-hybridized carbons (Fsp3) is 0.409. The third-order valence-corrected chi connectivity index (χ3v) is 6.97. The largest absolute Gasteiger partial charge is 0.454 e. The minimum atomic E-state index is -0.461. The van der Waals surface area contributed by atoms with E-state index in [1.807, 2.05) is 40.9 Å². The van der Waals surface area contributed by atoms with Crippen molar-refractivity contribution in [2.75, 3.05) is 32.2 Å². The number of ether oxygens (including phenoxy) is 3. The second-order valence-electron chi connectivity index (χ2n) is 7.29. The summed E-state index contributed by atoms with van der Waals surface area (Å²) in [4.78, 5) is 15.2. The number of thioether (sulfide) groups is 1. The Labute approximate surface area is 169 Å². The predicted octanol–water partition coefficient (Wildman–Crippen LogP) is 3.74. The van der Waals surface area contributed by atoms with Crippen LogP contribution in [0.4, 0.5) is 0 Å². The van der Waals surface area contributed by atoms with Crippen molar-refractivity contribution in [2.24, 2.45) is 0 Å². The molecule has 0 radical (unpaired) electrons. The van der Waals surface area contributed by atoms with Gasteiger partial charge < -0.3 is 19.1 Å². The van der Waals surface area contributed by atoms with Gasteiger partial charge in [-0.2, -0.15) is 11.8 Å². The van der Waals surface area contributed by atoms with E-state index in [2.05, 4.69) is 18.2 Å². The summed E-state index contributed by atoms with van der Waals surface area (Å²) in [6, 6.07) is 14.3. The summed E-state index contributed by atoms with van der Waals surface area (Å²) in [5.74, 6) is 2.65. The molecule has 5 nitrogen and oxygen atoms in total. The lowest BCUT2D eigenvalue weighted by Crippen LogP contribution is -2.39. The quantitative estimate of drug-likeness (QED) is 0.773. The Balaban J connectivity index is 1.29. The van der Waals surface area contributed by atoms with E-state index in [1.54, 1.807) is 0 Å². The predicted molar refractivity (Wildman–Crippen MR) is 108 cm³/mol. The minimum Gasteiger partial charge on any atom is -0.454 e. The molecule has 1 fully saturated rings. The number of carbonyl (C=O) groups is 1. The van der Waals surface area contributed by atoms with Crippen molar-refractivity contribution < 1.29 is 19.0 Å². The Kier molecular flexibility index (Phi) is 4.91. The zero-order valence-electron chi connectivity index (χ0n) is 15.6. The van der Waals surface area contributed by atoms with E-state index in [0.717, 1.165) is 48.7 Å². The van der Waals surface area contributed by atoms with Crippen molar-refractivity contribution in [1.82, 2.24) is 4.90 Å². The highest BCUT2D eigenvalue weighted by Gasteiger charge is 2.32. The van der Waals surface area contributed by atoms with Gasteiger partial charge in [0.15, 0.2) is 17.6 Å². The topological polar surface area (TPSA) is 48.0 Å². The van der Waals surface area contributed by atoms with Gasteiger partial charge in [0, 0.05) is 24.1 Å². The molecule has 2 atom stereocenters. The van der Waals surface area contributed by atoms with Crippen LogP contribution in [0.5, 0.6) is 11.5 Å². The monoisotopic (exact) mass is 397 g/mol. The Morgan fingerprint density at radius 2 is 1.96 bits per heavy atom. The van der Waals surface area contributed by atoms with E-state index >= 15 is 0 Å². The molecule has 146 valence electrons. The number of carbonyl (C=O) groups excluding carboxylic acids is 1. The molecule has 3 aliphatic rings. The first-order valence-corrected chi connectivity index (χ1v) is 10.8. The van der Waals surface area contributed by atoms with Crippen LogP contribution in [0.2, 0.25) is 0 Å². The summed E-state index contributed by atoms with van der Waals surface area (Å²) < 4.78 is 16.8. The SMILES string of the molecule is O=C(C1OCCc2ccccc21)N1CCSC(c2ccc3c(c2)OCO3)CC1. The van der Waals surface area contributed by atoms with Gasteiger partial charge in [0.05, 0.1) is 6.61 Å². The van der Waals surface area contributed by atoms with E-state index < -0.39 is 6.10 Å². The van der Waals surface area contributed by atoms with Crippen molar-refractivity contribution in [1.29, 1.82) is 0 Å². The highest BCUT2D eigenvalue weighted by atomic mass is 32.2. The van der Waals surface area contributed by atoms with E-state index in [1.165, 1.54) is 11.1 Å². The molecule has 0 saturated carbocycles. The Morgan fingerprint density at radius 1 is 1.07 bits per heavy atom. The van der Waals surface area contributed by atoms with Gasteiger partial charge in [-0.3, -0.25) is 4.79 Å². The first-order valence-electron chi connectivity index (χ1n) is 9.79. The number of hydrogen-bond donors (Lipinski definition) is 0. The molecule has 0 bridgehead atoms. The van der Waals surface area contributed by atoms with Crippen molar-refractivity contribution in [3.05, 3.63) is 59.2 Å². The molecule has 3 heterocycles. The van der Waals surface area contributed by atoms with Gasteiger partial charge in [0.2, 0.25) is 6.79 Å². The average Bonchev–Trinajstić information content (AvgIpc) is 3.07. The van der Waals surface area contributed by atoms with Gasteiger partial charge in [0.25, 0.3) is 5.91 Å². The van der Waals surface area contributed by atoms with E-state index in [4.69, 9.17) is 14.2 Å². The van der Waals surface area contributed by atoms with Crippen molar-refractivity contribution >= 4 is 17.7 Å². The second-order valence-corrected chi connectivity index (χ2v) is 8.60. The van der Waals surface area contributed by atoms with Crippen LogP contribution < -0.4 is 9.47 Å². The average molecular weight is 397 g/mol. The maximum absolute atomic E-state index is 13.2. The summed E-state index contributed by atoms with van der Waals surface area (Å²) in [5, 5.41) is 0.354. The van der Waals surface area contributed by atoms with Gasteiger partial charge in [0.1, 0.15) is 0 Å². The van der Waals surface area contributed by atoms with Gasteiger partial charge in [-0.05, 0) is 41.7 Å². The molecule has 0 spiro atoms. The molecule has 2 aromatic carbocycles. The first-order chi connectivity index (χ1) is 13.8. The Hall–Kier alpha value is -2.18. The highest BCUT2D eigenvalue weighted by molar-refractivity contribution is 7.99. The highest BCUT2D eigenvalue weighted by Crippen LogP contribution is 2.40. The summed E-state index contributed by atoms with van der Waals surface area (Å²) in [7, 11) is 0. The van der Waals surface area contributed by atoms with Crippen molar-refractivity contribution in [3.8, 4) is 11.5 Å². The fourth-order valence-electron chi connectivity index (χ4n) is 4.13. The third kappa shape index (κ3) is 3.35. The van der Waals surface area contributed by atoms with Crippen LogP contribution in [0.1, 0.15) is 34.5 Å².